The predicted molar refractivity (Wildman–Crippen MR) is 88.0 cm³/mol. The Morgan fingerprint density at radius 2 is 1.62 bits per heavy atom. The van der Waals surface area contributed by atoms with Gasteiger partial charge in [-0.2, -0.15) is 4.57 Å². The second kappa shape index (κ2) is 7.93. The van der Waals surface area contributed by atoms with Crippen LogP contribution in [0.1, 0.15) is 10.4 Å². The van der Waals surface area contributed by atoms with E-state index in [1.165, 1.54) is 0 Å². The molecule has 0 bridgehead atoms. The molecule has 3 aromatic rings. The van der Waals surface area contributed by atoms with Gasteiger partial charge in [0.1, 0.15) is 11.5 Å². The highest BCUT2D eigenvalue weighted by atomic mass is 79.9. The van der Waals surface area contributed by atoms with Crippen molar-refractivity contribution in [3.05, 3.63) is 66.4 Å². The van der Waals surface area contributed by atoms with E-state index in [4.69, 9.17) is 9.47 Å². The number of hydrogen-bond donors (Lipinski definition) is 0. The number of benzene rings is 2. The van der Waals surface area contributed by atoms with Gasteiger partial charge < -0.3 is 26.5 Å². The average molecular weight is 388 g/mol. The van der Waals surface area contributed by atoms with E-state index in [0.717, 1.165) is 22.4 Å². The van der Waals surface area contributed by atoms with Gasteiger partial charge >= 0.3 is 0 Å². The van der Waals surface area contributed by atoms with E-state index in [-0.39, 0.29) is 29.3 Å². The molecule has 0 N–H and O–H groups in total. The van der Waals surface area contributed by atoms with Crippen molar-refractivity contribution in [3.8, 4) is 11.5 Å². The number of fused-ring (bicyclic) bond motifs is 1. The van der Waals surface area contributed by atoms with E-state index in [1.807, 2.05) is 41.1 Å². The van der Waals surface area contributed by atoms with Crippen LogP contribution < -0.4 is 31.0 Å². The summed E-state index contributed by atoms with van der Waals surface area (Å²) in [6, 6.07) is 16.9. The molecule has 1 heterocycles. The summed E-state index contributed by atoms with van der Waals surface area (Å²) in [5, 5.41) is 1.04. The van der Waals surface area contributed by atoms with E-state index >= 15 is 0 Å². The van der Waals surface area contributed by atoms with Crippen LogP contribution in [-0.4, -0.2) is 20.0 Å². The Morgan fingerprint density at radius 1 is 0.958 bits per heavy atom. The Balaban J connectivity index is 0.00000208. The minimum Gasteiger partial charge on any atom is -1.00 e. The molecule has 0 atom stereocenters. The Hall–Kier alpha value is -2.40. The van der Waals surface area contributed by atoms with Crippen LogP contribution in [0.2, 0.25) is 0 Å². The Labute approximate surface area is 151 Å². The number of ether oxygens (including phenoxy) is 2. The first-order valence-electron chi connectivity index (χ1n) is 7.35. The van der Waals surface area contributed by atoms with Gasteiger partial charge in [0.15, 0.2) is 6.20 Å². The molecule has 2 aromatic carbocycles. The van der Waals surface area contributed by atoms with Crippen LogP contribution in [0.3, 0.4) is 0 Å². The summed E-state index contributed by atoms with van der Waals surface area (Å²) in [4.78, 5) is 12.5. The monoisotopic (exact) mass is 387 g/mol. The highest BCUT2D eigenvalue weighted by Gasteiger charge is 2.15. The fraction of sp³-hybridized carbons (Fsp3) is 0.158. The number of rotatable bonds is 5. The SMILES string of the molecule is COc1ccc(C(=O)C[n+]2cccc3cc(OC)ccc32)cc1.[Br-]. The molecule has 0 aliphatic rings. The molecule has 4 nitrogen and oxygen atoms in total. The van der Waals surface area contributed by atoms with Gasteiger partial charge in [0.25, 0.3) is 0 Å². The Morgan fingerprint density at radius 3 is 2.29 bits per heavy atom. The number of carbonyl (C=O) groups is 1. The van der Waals surface area contributed by atoms with Crippen molar-refractivity contribution in [1.29, 1.82) is 0 Å². The minimum atomic E-state index is 0. The summed E-state index contributed by atoms with van der Waals surface area (Å²) in [5.41, 5.74) is 1.67. The highest BCUT2D eigenvalue weighted by molar-refractivity contribution is 5.95. The quantitative estimate of drug-likeness (QED) is 0.458. The maximum absolute atomic E-state index is 12.5. The van der Waals surface area contributed by atoms with Crippen molar-refractivity contribution < 1.29 is 35.8 Å². The van der Waals surface area contributed by atoms with Crippen LogP contribution in [0.15, 0.2) is 60.8 Å². The summed E-state index contributed by atoms with van der Waals surface area (Å²) in [7, 11) is 3.25. The van der Waals surface area contributed by atoms with Gasteiger partial charge in [-0.15, -0.1) is 0 Å². The number of methoxy groups -OCH3 is 2. The summed E-state index contributed by atoms with van der Waals surface area (Å²) < 4.78 is 12.3. The number of hydrogen-bond acceptors (Lipinski definition) is 3. The molecular weight excluding hydrogens is 370 g/mol. The number of halogens is 1. The Bertz CT molecular complexity index is 847. The largest absolute Gasteiger partial charge is 1.00 e. The standard InChI is InChI=1S/C19H18NO3.BrH/c1-22-16-7-5-14(6-8-16)19(21)13-20-11-3-4-15-12-17(23-2)9-10-18(15)20;/h3-12H,13H2,1-2H3;1H/q+1;/p-1. The van der Waals surface area contributed by atoms with Gasteiger partial charge in [0.2, 0.25) is 17.8 Å². The zero-order chi connectivity index (χ0) is 16.2. The minimum absolute atomic E-state index is 0. The lowest BCUT2D eigenvalue weighted by atomic mass is 10.1. The van der Waals surface area contributed by atoms with Gasteiger partial charge in [-0.25, -0.2) is 0 Å². The van der Waals surface area contributed by atoms with Crippen molar-refractivity contribution in [2.75, 3.05) is 14.2 Å². The molecular formula is C19H18BrNO3. The zero-order valence-corrected chi connectivity index (χ0v) is 15.1. The molecule has 24 heavy (non-hydrogen) atoms. The smallest absolute Gasteiger partial charge is 0.227 e. The first-order chi connectivity index (χ1) is 11.2. The number of Topliss-reactive ketones (excluding diaryl/α,β-unsaturated/α-hetero) is 1. The fourth-order valence-corrected chi connectivity index (χ4v) is 2.55. The highest BCUT2D eigenvalue weighted by Crippen LogP contribution is 2.18. The van der Waals surface area contributed by atoms with Crippen molar-refractivity contribution in [3.63, 3.8) is 0 Å². The van der Waals surface area contributed by atoms with Crippen molar-refractivity contribution in [2.45, 2.75) is 6.54 Å². The zero-order valence-electron chi connectivity index (χ0n) is 13.5. The summed E-state index contributed by atoms with van der Waals surface area (Å²) in [5.74, 6) is 1.60. The molecule has 5 heteroatoms. The van der Waals surface area contributed by atoms with Crippen LogP contribution in [0, 0.1) is 0 Å². The summed E-state index contributed by atoms with van der Waals surface area (Å²) >= 11 is 0. The summed E-state index contributed by atoms with van der Waals surface area (Å²) in [6.07, 6.45) is 1.91. The van der Waals surface area contributed by atoms with Gasteiger partial charge in [0.05, 0.1) is 19.6 Å². The van der Waals surface area contributed by atoms with Crippen molar-refractivity contribution >= 4 is 16.7 Å². The predicted octanol–water partition coefficient (Wildman–Crippen LogP) is 0.0314. The molecule has 124 valence electrons. The normalized spacial score (nSPS) is 10.1. The molecule has 0 aliphatic heterocycles. The number of aromatic nitrogens is 1. The molecule has 0 saturated heterocycles. The van der Waals surface area contributed by atoms with Gasteiger partial charge in [0, 0.05) is 17.7 Å². The van der Waals surface area contributed by atoms with E-state index in [0.29, 0.717) is 5.56 Å². The second-order valence-electron chi connectivity index (χ2n) is 5.21. The van der Waals surface area contributed by atoms with Crippen LogP contribution >= 0.6 is 0 Å². The lowest BCUT2D eigenvalue weighted by molar-refractivity contribution is -0.657. The third kappa shape index (κ3) is 3.74. The van der Waals surface area contributed by atoms with Crippen molar-refractivity contribution in [1.82, 2.24) is 0 Å². The maximum atomic E-state index is 12.5. The third-order valence-corrected chi connectivity index (χ3v) is 3.81. The molecule has 0 aliphatic carbocycles. The number of carbonyl (C=O) groups excluding carboxylic acids is 1. The summed E-state index contributed by atoms with van der Waals surface area (Å²) in [6.45, 7) is 0.288. The van der Waals surface area contributed by atoms with E-state index in [9.17, 15) is 4.79 Å². The molecule has 0 spiro atoms. The molecule has 0 radical (unpaired) electrons. The van der Waals surface area contributed by atoms with E-state index < -0.39 is 0 Å². The molecule has 0 saturated carbocycles. The van der Waals surface area contributed by atoms with Crippen LogP contribution in [0.5, 0.6) is 11.5 Å². The fourth-order valence-electron chi connectivity index (χ4n) is 2.55. The van der Waals surface area contributed by atoms with Crippen LogP contribution in [0.25, 0.3) is 10.9 Å². The lowest BCUT2D eigenvalue weighted by Crippen LogP contribution is -3.00. The molecule has 0 unspecified atom stereocenters. The second-order valence-corrected chi connectivity index (χ2v) is 5.21. The van der Waals surface area contributed by atoms with Crippen molar-refractivity contribution in [2.24, 2.45) is 0 Å². The topological polar surface area (TPSA) is 39.4 Å². The average Bonchev–Trinajstić information content (AvgIpc) is 2.61. The lowest BCUT2D eigenvalue weighted by Gasteiger charge is -2.04. The first kappa shape index (κ1) is 17.9. The van der Waals surface area contributed by atoms with Gasteiger partial charge in [-0.3, -0.25) is 4.79 Å². The van der Waals surface area contributed by atoms with Crippen LogP contribution in [0.4, 0.5) is 0 Å². The number of nitrogens with zero attached hydrogens (tertiary/aromatic N) is 1. The molecule has 0 amide bonds. The van der Waals surface area contributed by atoms with E-state index in [1.54, 1.807) is 38.5 Å². The number of ketones is 1. The van der Waals surface area contributed by atoms with Gasteiger partial charge in [-0.1, -0.05) is 0 Å². The molecule has 1 aromatic heterocycles. The Kier molecular flexibility index (Phi) is 5.93. The molecule has 0 fully saturated rings. The first-order valence-corrected chi connectivity index (χ1v) is 7.35. The third-order valence-electron chi connectivity index (χ3n) is 3.81. The van der Waals surface area contributed by atoms with Gasteiger partial charge in [-0.05, 0) is 42.5 Å². The molecule has 3 rings (SSSR count). The maximum Gasteiger partial charge on any atom is 0.227 e. The van der Waals surface area contributed by atoms with E-state index in [2.05, 4.69) is 0 Å². The van der Waals surface area contributed by atoms with Crippen LogP contribution in [-0.2, 0) is 6.54 Å². The number of pyridine rings is 1.